The highest BCUT2D eigenvalue weighted by Gasteiger charge is 2.14. The standard InChI is InChI=1S/C14H15NO4/c1-15(7-10-4-5-19-9-10)8-14(18)12-3-2-11(16)6-13(12)17/h2-6,9,16-17H,7-8H2,1H3. The molecule has 1 aromatic heterocycles. The van der Waals surface area contributed by atoms with Crippen LogP contribution in [0.25, 0.3) is 0 Å². The number of carbonyl (C=O) groups excluding carboxylic acids is 1. The lowest BCUT2D eigenvalue weighted by molar-refractivity contribution is 0.0940. The Morgan fingerprint density at radius 1 is 1.32 bits per heavy atom. The number of hydrogen-bond donors (Lipinski definition) is 2. The smallest absolute Gasteiger partial charge is 0.180 e. The first kappa shape index (κ1) is 13.2. The van der Waals surface area contributed by atoms with Gasteiger partial charge in [-0.25, -0.2) is 0 Å². The Bertz CT molecular complexity index is 563. The minimum atomic E-state index is -0.207. The lowest BCUT2D eigenvalue weighted by Gasteiger charge is -2.15. The number of benzene rings is 1. The van der Waals surface area contributed by atoms with Crippen LogP contribution < -0.4 is 0 Å². The summed E-state index contributed by atoms with van der Waals surface area (Å²) < 4.78 is 4.96. The lowest BCUT2D eigenvalue weighted by atomic mass is 10.1. The van der Waals surface area contributed by atoms with Gasteiger partial charge in [0.05, 0.1) is 24.6 Å². The topological polar surface area (TPSA) is 73.9 Å². The van der Waals surface area contributed by atoms with Gasteiger partial charge in [-0.1, -0.05) is 0 Å². The zero-order valence-electron chi connectivity index (χ0n) is 10.5. The van der Waals surface area contributed by atoms with E-state index in [1.54, 1.807) is 12.5 Å². The van der Waals surface area contributed by atoms with E-state index < -0.39 is 0 Å². The van der Waals surface area contributed by atoms with E-state index >= 15 is 0 Å². The third kappa shape index (κ3) is 3.35. The number of furan rings is 1. The van der Waals surface area contributed by atoms with Gasteiger partial charge in [-0.3, -0.25) is 9.69 Å². The summed E-state index contributed by atoms with van der Waals surface area (Å²) in [6, 6.07) is 5.78. The number of ketones is 1. The van der Waals surface area contributed by atoms with Crippen LogP contribution in [-0.4, -0.2) is 34.5 Å². The van der Waals surface area contributed by atoms with Gasteiger partial charge in [-0.05, 0) is 25.2 Å². The van der Waals surface area contributed by atoms with Gasteiger partial charge >= 0.3 is 0 Å². The monoisotopic (exact) mass is 261 g/mol. The first-order valence-electron chi connectivity index (χ1n) is 5.81. The molecule has 0 bridgehead atoms. The SMILES string of the molecule is CN(CC(=O)c1ccc(O)cc1O)Cc1ccoc1. The number of likely N-dealkylation sites (N-methyl/N-ethyl adjacent to an activating group) is 1. The van der Waals surface area contributed by atoms with E-state index in [1.807, 2.05) is 18.0 Å². The molecular formula is C14H15NO4. The molecule has 0 saturated carbocycles. The van der Waals surface area contributed by atoms with Crippen LogP contribution in [0.15, 0.2) is 41.2 Å². The molecule has 0 saturated heterocycles. The van der Waals surface area contributed by atoms with Crippen molar-refractivity contribution < 1.29 is 19.4 Å². The maximum atomic E-state index is 12.0. The zero-order chi connectivity index (χ0) is 13.8. The molecule has 0 radical (unpaired) electrons. The average Bonchev–Trinajstić information content (AvgIpc) is 2.81. The number of aromatic hydroxyl groups is 2. The Hall–Kier alpha value is -2.27. The number of nitrogens with zero attached hydrogens (tertiary/aromatic N) is 1. The molecular weight excluding hydrogens is 246 g/mol. The second-order valence-electron chi connectivity index (χ2n) is 4.43. The molecule has 2 rings (SSSR count). The van der Waals surface area contributed by atoms with Crippen LogP contribution in [0.4, 0.5) is 0 Å². The van der Waals surface area contributed by atoms with E-state index in [9.17, 15) is 15.0 Å². The summed E-state index contributed by atoms with van der Waals surface area (Å²) >= 11 is 0. The first-order chi connectivity index (χ1) is 9.06. The summed E-state index contributed by atoms with van der Waals surface area (Å²) in [4.78, 5) is 13.8. The van der Waals surface area contributed by atoms with Crippen LogP contribution >= 0.6 is 0 Å². The number of phenols is 2. The Balaban J connectivity index is 2.00. The van der Waals surface area contributed by atoms with Gasteiger partial charge < -0.3 is 14.6 Å². The van der Waals surface area contributed by atoms with Crippen LogP contribution in [0.2, 0.25) is 0 Å². The van der Waals surface area contributed by atoms with Crippen molar-refractivity contribution in [1.29, 1.82) is 0 Å². The van der Waals surface area contributed by atoms with Gasteiger partial charge in [0.25, 0.3) is 0 Å². The maximum absolute atomic E-state index is 12.0. The van der Waals surface area contributed by atoms with E-state index in [1.165, 1.54) is 12.1 Å². The molecule has 19 heavy (non-hydrogen) atoms. The third-order valence-corrected chi connectivity index (χ3v) is 2.73. The minimum Gasteiger partial charge on any atom is -0.508 e. The number of Topliss-reactive ketones (excluding diaryl/α,β-unsaturated/α-hetero) is 1. The highest BCUT2D eigenvalue weighted by Crippen LogP contribution is 2.23. The molecule has 0 atom stereocenters. The molecule has 1 aromatic carbocycles. The number of phenolic OH excluding ortho intramolecular Hbond substituents is 2. The van der Waals surface area contributed by atoms with Gasteiger partial charge in [0.1, 0.15) is 11.5 Å². The fourth-order valence-electron chi connectivity index (χ4n) is 1.84. The maximum Gasteiger partial charge on any atom is 0.180 e. The van der Waals surface area contributed by atoms with E-state index in [4.69, 9.17) is 4.42 Å². The molecule has 5 nitrogen and oxygen atoms in total. The lowest BCUT2D eigenvalue weighted by Crippen LogP contribution is -2.25. The summed E-state index contributed by atoms with van der Waals surface area (Å²) in [6.45, 7) is 0.755. The van der Waals surface area contributed by atoms with Crippen LogP contribution in [0.3, 0.4) is 0 Å². The predicted octanol–water partition coefficient (Wildman–Crippen LogP) is 2.01. The minimum absolute atomic E-state index is 0.0687. The van der Waals surface area contributed by atoms with Gasteiger partial charge in [0, 0.05) is 18.2 Å². The molecule has 0 aliphatic rings. The van der Waals surface area contributed by atoms with Gasteiger partial charge in [0.2, 0.25) is 0 Å². The molecule has 0 aliphatic carbocycles. The van der Waals surface area contributed by atoms with Crippen molar-refractivity contribution in [2.24, 2.45) is 0 Å². The van der Waals surface area contributed by atoms with Crippen molar-refractivity contribution in [3.63, 3.8) is 0 Å². The molecule has 0 fully saturated rings. The summed E-state index contributed by atoms with van der Waals surface area (Å²) in [7, 11) is 1.81. The average molecular weight is 261 g/mol. The van der Waals surface area contributed by atoms with Gasteiger partial charge in [-0.2, -0.15) is 0 Å². The van der Waals surface area contributed by atoms with Gasteiger partial charge in [0.15, 0.2) is 5.78 Å². The second-order valence-corrected chi connectivity index (χ2v) is 4.43. The Morgan fingerprint density at radius 2 is 2.11 bits per heavy atom. The van der Waals surface area contributed by atoms with Gasteiger partial charge in [-0.15, -0.1) is 0 Å². The van der Waals surface area contributed by atoms with Crippen LogP contribution in [0.1, 0.15) is 15.9 Å². The molecule has 2 N–H and O–H groups in total. The summed E-state index contributed by atoms with van der Waals surface area (Å²) in [5.41, 5.74) is 1.18. The van der Waals surface area contributed by atoms with Crippen molar-refractivity contribution in [3.8, 4) is 11.5 Å². The number of hydrogen-bond acceptors (Lipinski definition) is 5. The quantitative estimate of drug-likeness (QED) is 0.805. The predicted molar refractivity (Wildman–Crippen MR) is 69.1 cm³/mol. The van der Waals surface area contributed by atoms with Crippen LogP contribution in [0.5, 0.6) is 11.5 Å². The Labute approximate surface area is 110 Å². The van der Waals surface area contributed by atoms with E-state index in [-0.39, 0.29) is 29.4 Å². The van der Waals surface area contributed by atoms with Crippen molar-refractivity contribution >= 4 is 5.78 Å². The van der Waals surface area contributed by atoms with E-state index in [0.29, 0.717) is 6.54 Å². The third-order valence-electron chi connectivity index (χ3n) is 2.73. The zero-order valence-corrected chi connectivity index (χ0v) is 10.5. The number of carbonyl (C=O) groups is 1. The van der Waals surface area contributed by atoms with Crippen LogP contribution in [-0.2, 0) is 6.54 Å². The molecule has 0 spiro atoms. The fourth-order valence-corrected chi connectivity index (χ4v) is 1.84. The van der Waals surface area contributed by atoms with Crippen molar-refractivity contribution in [3.05, 3.63) is 47.9 Å². The fraction of sp³-hybridized carbons (Fsp3) is 0.214. The molecule has 100 valence electrons. The van der Waals surface area contributed by atoms with Crippen molar-refractivity contribution in [2.45, 2.75) is 6.54 Å². The normalized spacial score (nSPS) is 10.8. The molecule has 0 aliphatic heterocycles. The van der Waals surface area contributed by atoms with E-state index in [0.717, 1.165) is 11.6 Å². The molecule has 2 aromatic rings. The Morgan fingerprint density at radius 3 is 2.74 bits per heavy atom. The van der Waals surface area contributed by atoms with Crippen LogP contribution in [0, 0.1) is 0 Å². The summed E-state index contributed by atoms with van der Waals surface area (Å²) in [5, 5.41) is 18.8. The second kappa shape index (κ2) is 5.58. The van der Waals surface area contributed by atoms with E-state index in [2.05, 4.69) is 0 Å². The molecule has 0 unspecified atom stereocenters. The summed E-state index contributed by atoms with van der Waals surface area (Å²) in [6.07, 6.45) is 3.20. The number of rotatable bonds is 5. The summed E-state index contributed by atoms with van der Waals surface area (Å²) in [5.74, 6) is -0.481. The highest BCUT2D eigenvalue weighted by atomic mass is 16.3. The van der Waals surface area contributed by atoms with Crippen molar-refractivity contribution in [2.75, 3.05) is 13.6 Å². The Kier molecular flexibility index (Phi) is 3.87. The molecule has 0 amide bonds. The molecule has 1 heterocycles. The first-order valence-corrected chi connectivity index (χ1v) is 5.81. The molecule has 5 heteroatoms. The highest BCUT2D eigenvalue weighted by molar-refractivity contribution is 6.00. The largest absolute Gasteiger partial charge is 0.508 e. The van der Waals surface area contributed by atoms with Crippen molar-refractivity contribution in [1.82, 2.24) is 4.90 Å².